The number of benzene rings is 1. The third-order valence-corrected chi connectivity index (χ3v) is 3.15. The maximum absolute atomic E-state index is 12.5. The predicted octanol–water partition coefficient (Wildman–Crippen LogP) is 3.40. The topological polar surface area (TPSA) is 38.9 Å². The third-order valence-electron chi connectivity index (χ3n) is 2.54. The predicted molar refractivity (Wildman–Crippen MR) is 64.2 cm³/mol. The summed E-state index contributed by atoms with van der Waals surface area (Å²) in [5.41, 5.74) is 8.17. The zero-order valence-corrected chi connectivity index (χ0v) is 10.1. The molecular weight excluding hydrogens is 261 g/mol. The van der Waals surface area contributed by atoms with Crippen molar-refractivity contribution in [1.29, 1.82) is 0 Å². The van der Waals surface area contributed by atoms with Crippen LogP contribution in [-0.4, -0.2) is 4.98 Å². The second-order valence-electron chi connectivity index (χ2n) is 3.92. The molecular formula is C12H11F3N2S. The number of rotatable bonds is 3. The van der Waals surface area contributed by atoms with Gasteiger partial charge < -0.3 is 5.73 Å². The van der Waals surface area contributed by atoms with Gasteiger partial charge in [-0.2, -0.15) is 13.2 Å². The minimum atomic E-state index is -4.32. The summed E-state index contributed by atoms with van der Waals surface area (Å²) in [5, 5.41) is 1.80. The number of thiazole rings is 1. The zero-order chi connectivity index (χ0) is 13.2. The Morgan fingerprint density at radius 3 is 2.72 bits per heavy atom. The first-order valence-electron chi connectivity index (χ1n) is 5.26. The van der Waals surface area contributed by atoms with Gasteiger partial charge in [0.25, 0.3) is 0 Å². The molecule has 0 bridgehead atoms. The van der Waals surface area contributed by atoms with Crippen LogP contribution in [0.25, 0.3) is 0 Å². The van der Waals surface area contributed by atoms with Gasteiger partial charge in [-0.1, -0.05) is 18.2 Å². The summed E-state index contributed by atoms with van der Waals surface area (Å²) < 4.78 is 37.6. The molecule has 0 saturated heterocycles. The van der Waals surface area contributed by atoms with Crippen molar-refractivity contribution in [3.63, 3.8) is 0 Å². The van der Waals surface area contributed by atoms with Gasteiger partial charge in [-0.25, -0.2) is 4.98 Å². The lowest BCUT2D eigenvalue weighted by molar-refractivity contribution is -0.137. The lowest BCUT2D eigenvalue weighted by atomic mass is 10.0. The molecule has 1 aromatic carbocycles. The number of hydrogen-bond acceptors (Lipinski definition) is 3. The Hall–Kier alpha value is -1.40. The smallest absolute Gasteiger partial charge is 0.322 e. The van der Waals surface area contributed by atoms with E-state index in [-0.39, 0.29) is 6.04 Å². The van der Waals surface area contributed by atoms with Crippen molar-refractivity contribution >= 4 is 11.3 Å². The molecule has 6 heteroatoms. The Balaban J connectivity index is 2.15. The van der Waals surface area contributed by atoms with Crippen molar-refractivity contribution in [3.8, 4) is 0 Å². The molecule has 0 aliphatic carbocycles. The fraction of sp³-hybridized carbons (Fsp3) is 0.250. The summed E-state index contributed by atoms with van der Waals surface area (Å²) >= 11 is 1.41. The highest BCUT2D eigenvalue weighted by Crippen LogP contribution is 2.30. The second-order valence-corrected chi connectivity index (χ2v) is 4.64. The molecule has 18 heavy (non-hydrogen) atoms. The van der Waals surface area contributed by atoms with Crippen LogP contribution >= 0.6 is 11.3 Å². The third kappa shape index (κ3) is 3.08. The fourth-order valence-electron chi connectivity index (χ4n) is 1.64. The van der Waals surface area contributed by atoms with Crippen molar-refractivity contribution in [2.24, 2.45) is 5.73 Å². The van der Waals surface area contributed by atoms with Gasteiger partial charge in [0.1, 0.15) is 0 Å². The van der Waals surface area contributed by atoms with Crippen LogP contribution in [0, 0.1) is 0 Å². The summed E-state index contributed by atoms with van der Waals surface area (Å²) in [4.78, 5) is 4.05. The van der Waals surface area contributed by atoms with Crippen LogP contribution in [0.3, 0.4) is 0 Å². The van der Waals surface area contributed by atoms with Crippen molar-refractivity contribution < 1.29 is 13.2 Å². The van der Waals surface area contributed by atoms with E-state index < -0.39 is 11.7 Å². The average molecular weight is 272 g/mol. The monoisotopic (exact) mass is 272 g/mol. The Labute approximate surface area is 106 Å². The largest absolute Gasteiger partial charge is 0.416 e. The molecule has 0 aliphatic heterocycles. The van der Waals surface area contributed by atoms with E-state index in [0.29, 0.717) is 17.7 Å². The minimum absolute atomic E-state index is 0.341. The molecule has 1 heterocycles. The maximum Gasteiger partial charge on any atom is 0.416 e. The van der Waals surface area contributed by atoms with Crippen LogP contribution in [0.5, 0.6) is 0 Å². The van der Waals surface area contributed by atoms with Gasteiger partial charge in [0, 0.05) is 5.38 Å². The van der Waals surface area contributed by atoms with Crippen molar-refractivity contribution in [2.45, 2.75) is 18.6 Å². The van der Waals surface area contributed by atoms with Crippen molar-refractivity contribution in [1.82, 2.24) is 4.98 Å². The van der Waals surface area contributed by atoms with Crippen LogP contribution in [0.1, 0.15) is 22.9 Å². The Morgan fingerprint density at radius 1 is 1.33 bits per heavy atom. The molecule has 1 aromatic heterocycles. The lowest BCUT2D eigenvalue weighted by Crippen LogP contribution is -2.14. The normalized spacial score (nSPS) is 13.6. The van der Waals surface area contributed by atoms with Gasteiger partial charge in [0.15, 0.2) is 0 Å². The minimum Gasteiger partial charge on any atom is -0.322 e. The van der Waals surface area contributed by atoms with Crippen LogP contribution in [-0.2, 0) is 12.6 Å². The molecule has 0 aliphatic rings. The number of nitrogens with two attached hydrogens (primary N) is 1. The van der Waals surface area contributed by atoms with Gasteiger partial charge in [-0.3, -0.25) is 0 Å². The Morgan fingerprint density at radius 2 is 2.11 bits per heavy atom. The molecule has 0 spiro atoms. The zero-order valence-electron chi connectivity index (χ0n) is 9.32. The molecule has 1 unspecified atom stereocenters. The number of halogens is 3. The number of alkyl halides is 3. The molecule has 96 valence electrons. The quantitative estimate of drug-likeness (QED) is 0.930. The van der Waals surface area contributed by atoms with Gasteiger partial charge >= 0.3 is 6.18 Å². The van der Waals surface area contributed by atoms with E-state index in [1.807, 2.05) is 0 Å². The van der Waals surface area contributed by atoms with E-state index in [1.54, 1.807) is 17.0 Å². The van der Waals surface area contributed by atoms with Gasteiger partial charge in [0.2, 0.25) is 0 Å². The van der Waals surface area contributed by atoms with Crippen LogP contribution < -0.4 is 5.73 Å². The van der Waals surface area contributed by atoms with Crippen molar-refractivity contribution in [2.75, 3.05) is 0 Å². The molecule has 2 N–H and O–H groups in total. The summed E-state index contributed by atoms with van der Waals surface area (Å²) in [5.74, 6) is 0. The van der Waals surface area contributed by atoms with E-state index in [4.69, 9.17) is 5.73 Å². The summed E-state index contributed by atoms with van der Waals surface area (Å²) in [6.45, 7) is 0. The van der Waals surface area contributed by atoms with Gasteiger partial charge in [-0.05, 0) is 18.1 Å². The number of nitrogens with zero attached hydrogens (tertiary/aromatic N) is 1. The molecule has 0 radical (unpaired) electrons. The van der Waals surface area contributed by atoms with E-state index in [1.165, 1.54) is 17.4 Å². The van der Waals surface area contributed by atoms with E-state index >= 15 is 0 Å². The molecule has 1 atom stereocenters. The van der Waals surface area contributed by atoms with E-state index in [9.17, 15) is 13.2 Å². The van der Waals surface area contributed by atoms with Gasteiger partial charge in [0.05, 0.1) is 22.8 Å². The SMILES string of the molecule is NC(Cc1cccc(C(F)(F)F)c1)c1cscn1. The standard InChI is InChI=1S/C12H11F3N2S/c13-12(14,15)9-3-1-2-8(4-9)5-10(16)11-6-18-7-17-11/h1-4,6-7,10H,5,16H2. The average Bonchev–Trinajstić information content (AvgIpc) is 2.81. The first-order valence-corrected chi connectivity index (χ1v) is 6.21. The van der Waals surface area contributed by atoms with Crippen LogP contribution in [0.15, 0.2) is 35.2 Å². The molecule has 0 saturated carbocycles. The Bertz CT molecular complexity index is 508. The maximum atomic E-state index is 12.5. The molecule has 0 amide bonds. The van der Waals surface area contributed by atoms with Gasteiger partial charge in [-0.15, -0.1) is 11.3 Å². The number of hydrogen-bond donors (Lipinski definition) is 1. The lowest BCUT2D eigenvalue weighted by Gasteiger charge is -2.11. The second kappa shape index (κ2) is 5.07. The highest BCUT2D eigenvalue weighted by atomic mass is 32.1. The molecule has 2 aromatic rings. The summed E-state index contributed by atoms with van der Waals surface area (Å²) in [6, 6.07) is 4.84. The van der Waals surface area contributed by atoms with Crippen molar-refractivity contribution in [3.05, 3.63) is 52.0 Å². The highest BCUT2D eigenvalue weighted by Gasteiger charge is 2.30. The van der Waals surface area contributed by atoms with E-state index in [2.05, 4.69) is 4.98 Å². The first kappa shape index (κ1) is 13.0. The molecule has 2 rings (SSSR count). The highest BCUT2D eigenvalue weighted by molar-refractivity contribution is 7.07. The fourth-order valence-corrected chi connectivity index (χ4v) is 2.26. The Kier molecular flexibility index (Phi) is 3.68. The van der Waals surface area contributed by atoms with Crippen LogP contribution in [0.4, 0.5) is 13.2 Å². The van der Waals surface area contributed by atoms with E-state index in [0.717, 1.165) is 12.1 Å². The number of aromatic nitrogens is 1. The first-order chi connectivity index (χ1) is 8.47. The summed E-state index contributed by atoms with van der Waals surface area (Å²) in [6.07, 6.45) is -3.98. The molecule has 0 fully saturated rings. The summed E-state index contributed by atoms with van der Waals surface area (Å²) in [7, 11) is 0. The molecule has 2 nitrogen and oxygen atoms in total. The van der Waals surface area contributed by atoms with Crippen LogP contribution in [0.2, 0.25) is 0 Å².